The molecule has 0 spiro atoms. The first-order chi connectivity index (χ1) is 7.36. The van der Waals surface area contributed by atoms with Crippen LogP contribution in [-0.2, 0) is 9.53 Å². The van der Waals surface area contributed by atoms with Crippen LogP contribution in [0.25, 0.3) is 0 Å². The maximum atomic E-state index is 13.0. The number of esters is 1. The van der Waals surface area contributed by atoms with E-state index in [1.54, 1.807) is 32.9 Å². The predicted octanol–water partition coefficient (Wildman–Crippen LogP) is 2.50. The molecule has 0 unspecified atom stereocenters. The van der Waals surface area contributed by atoms with Gasteiger partial charge in [0.2, 0.25) is 0 Å². The lowest BCUT2D eigenvalue weighted by Gasteiger charge is -2.24. The van der Waals surface area contributed by atoms with Gasteiger partial charge in [-0.3, -0.25) is 0 Å². The SMILES string of the molecule is COC(=O)C(C)(C)Nc1ccc(F)c(C)c1. The normalized spacial score (nSPS) is 11.1. The number of carbonyl (C=O) groups excluding carboxylic acids is 1. The van der Waals surface area contributed by atoms with Gasteiger partial charge in [0.15, 0.2) is 0 Å². The van der Waals surface area contributed by atoms with E-state index in [4.69, 9.17) is 0 Å². The molecular formula is C12H16FNO2. The van der Waals surface area contributed by atoms with E-state index < -0.39 is 5.54 Å². The number of carbonyl (C=O) groups is 1. The summed E-state index contributed by atoms with van der Waals surface area (Å²) in [5, 5.41) is 3.00. The number of aryl methyl sites for hydroxylation is 1. The van der Waals surface area contributed by atoms with E-state index in [-0.39, 0.29) is 11.8 Å². The van der Waals surface area contributed by atoms with Crippen LogP contribution in [0.5, 0.6) is 0 Å². The van der Waals surface area contributed by atoms with Crippen LogP contribution in [-0.4, -0.2) is 18.6 Å². The predicted molar refractivity (Wildman–Crippen MR) is 60.9 cm³/mol. The van der Waals surface area contributed by atoms with Crippen molar-refractivity contribution in [2.45, 2.75) is 26.3 Å². The third kappa shape index (κ3) is 2.72. The Bertz CT molecular complexity index is 402. The monoisotopic (exact) mass is 225 g/mol. The highest BCUT2D eigenvalue weighted by atomic mass is 19.1. The van der Waals surface area contributed by atoms with Crippen molar-refractivity contribution in [1.82, 2.24) is 0 Å². The number of methoxy groups -OCH3 is 1. The number of nitrogens with one attached hydrogen (secondary N) is 1. The fourth-order valence-electron chi connectivity index (χ4n) is 1.39. The van der Waals surface area contributed by atoms with Gasteiger partial charge in [-0.2, -0.15) is 0 Å². The van der Waals surface area contributed by atoms with Crippen molar-refractivity contribution in [2.24, 2.45) is 0 Å². The summed E-state index contributed by atoms with van der Waals surface area (Å²) >= 11 is 0. The van der Waals surface area contributed by atoms with Crippen LogP contribution < -0.4 is 5.32 Å². The van der Waals surface area contributed by atoms with Gasteiger partial charge >= 0.3 is 5.97 Å². The second-order valence-corrected chi connectivity index (χ2v) is 4.21. The number of benzene rings is 1. The van der Waals surface area contributed by atoms with E-state index in [1.807, 2.05) is 0 Å². The summed E-state index contributed by atoms with van der Waals surface area (Å²) in [6, 6.07) is 4.61. The molecule has 16 heavy (non-hydrogen) atoms. The highest BCUT2D eigenvalue weighted by Gasteiger charge is 2.28. The average Bonchev–Trinajstić information content (AvgIpc) is 2.22. The van der Waals surface area contributed by atoms with E-state index in [0.29, 0.717) is 11.3 Å². The standard InChI is InChI=1S/C12H16FNO2/c1-8-7-9(5-6-10(8)13)14-12(2,3)11(15)16-4/h5-7,14H,1-4H3. The maximum Gasteiger partial charge on any atom is 0.330 e. The molecule has 0 aliphatic carbocycles. The van der Waals surface area contributed by atoms with Crippen molar-refractivity contribution in [3.63, 3.8) is 0 Å². The Kier molecular flexibility index (Phi) is 3.52. The maximum absolute atomic E-state index is 13.0. The number of hydrogen-bond donors (Lipinski definition) is 1. The minimum Gasteiger partial charge on any atom is -0.467 e. The quantitative estimate of drug-likeness (QED) is 0.803. The van der Waals surface area contributed by atoms with Gasteiger partial charge in [-0.25, -0.2) is 9.18 Å². The lowest BCUT2D eigenvalue weighted by atomic mass is 10.1. The molecular weight excluding hydrogens is 209 g/mol. The van der Waals surface area contributed by atoms with Crippen LogP contribution >= 0.6 is 0 Å². The lowest BCUT2D eigenvalue weighted by Crippen LogP contribution is -2.41. The van der Waals surface area contributed by atoms with Gasteiger partial charge < -0.3 is 10.1 Å². The zero-order valence-corrected chi connectivity index (χ0v) is 9.93. The first-order valence-corrected chi connectivity index (χ1v) is 4.99. The van der Waals surface area contributed by atoms with Crippen LogP contribution in [0, 0.1) is 12.7 Å². The molecule has 0 saturated heterocycles. The molecule has 88 valence electrons. The third-order valence-electron chi connectivity index (χ3n) is 2.31. The van der Waals surface area contributed by atoms with E-state index in [9.17, 15) is 9.18 Å². The fourth-order valence-corrected chi connectivity index (χ4v) is 1.39. The highest BCUT2D eigenvalue weighted by molar-refractivity contribution is 5.83. The van der Waals surface area contributed by atoms with Crippen molar-refractivity contribution in [1.29, 1.82) is 0 Å². The van der Waals surface area contributed by atoms with Crippen molar-refractivity contribution in [2.75, 3.05) is 12.4 Å². The fraction of sp³-hybridized carbons (Fsp3) is 0.417. The largest absolute Gasteiger partial charge is 0.467 e. The van der Waals surface area contributed by atoms with E-state index in [0.717, 1.165) is 0 Å². The van der Waals surface area contributed by atoms with Gasteiger partial charge in [0, 0.05) is 5.69 Å². The summed E-state index contributed by atoms with van der Waals surface area (Å²) < 4.78 is 17.7. The zero-order chi connectivity index (χ0) is 12.3. The van der Waals surface area contributed by atoms with Gasteiger partial charge in [0.05, 0.1) is 7.11 Å². The molecule has 0 aliphatic rings. The molecule has 1 aromatic carbocycles. The van der Waals surface area contributed by atoms with Crippen molar-refractivity contribution in [3.05, 3.63) is 29.6 Å². The first-order valence-electron chi connectivity index (χ1n) is 4.99. The van der Waals surface area contributed by atoms with Crippen LogP contribution in [0.15, 0.2) is 18.2 Å². The van der Waals surface area contributed by atoms with Gasteiger partial charge in [0.25, 0.3) is 0 Å². The molecule has 1 N–H and O–H groups in total. The second kappa shape index (κ2) is 4.51. The van der Waals surface area contributed by atoms with Crippen LogP contribution in [0.4, 0.5) is 10.1 Å². The molecule has 1 rings (SSSR count). The molecule has 0 amide bonds. The van der Waals surface area contributed by atoms with Gasteiger partial charge in [-0.1, -0.05) is 0 Å². The van der Waals surface area contributed by atoms with E-state index >= 15 is 0 Å². The van der Waals surface area contributed by atoms with Crippen LogP contribution in [0.2, 0.25) is 0 Å². The Hall–Kier alpha value is -1.58. The Morgan fingerprint density at radius 2 is 2.06 bits per heavy atom. The molecule has 0 bridgehead atoms. The van der Waals surface area contributed by atoms with Crippen molar-refractivity contribution in [3.8, 4) is 0 Å². The molecule has 0 fully saturated rings. The second-order valence-electron chi connectivity index (χ2n) is 4.21. The highest BCUT2D eigenvalue weighted by Crippen LogP contribution is 2.19. The Morgan fingerprint density at radius 1 is 1.44 bits per heavy atom. The molecule has 0 aliphatic heterocycles. The molecule has 0 aromatic heterocycles. The molecule has 1 aromatic rings. The zero-order valence-electron chi connectivity index (χ0n) is 9.93. The summed E-state index contributed by atoms with van der Waals surface area (Å²) in [5.41, 5.74) is 0.388. The molecule has 3 nitrogen and oxygen atoms in total. The number of anilines is 1. The molecule has 0 radical (unpaired) electrons. The van der Waals surface area contributed by atoms with E-state index in [2.05, 4.69) is 10.1 Å². The van der Waals surface area contributed by atoms with Gasteiger partial charge in [-0.15, -0.1) is 0 Å². The van der Waals surface area contributed by atoms with Crippen LogP contribution in [0.3, 0.4) is 0 Å². The number of halogens is 1. The smallest absolute Gasteiger partial charge is 0.330 e. The van der Waals surface area contributed by atoms with E-state index in [1.165, 1.54) is 13.2 Å². The minimum absolute atomic E-state index is 0.263. The van der Waals surface area contributed by atoms with Crippen molar-refractivity contribution >= 4 is 11.7 Å². The Balaban J connectivity index is 2.88. The summed E-state index contributed by atoms with van der Waals surface area (Å²) in [4.78, 5) is 11.4. The number of rotatable bonds is 3. The first kappa shape index (κ1) is 12.5. The third-order valence-corrected chi connectivity index (χ3v) is 2.31. The minimum atomic E-state index is -0.834. The summed E-state index contributed by atoms with van der Waals surface area (Å²) in [7, 11) is 1.33. The lowest BCUT2D eigenvalue weighted by molar-refractivity contribution is -0.144. The number of ether oxygens (including phenoxy) is 1. The van der Waals surface area contributed by atoms with Crippen LogP contribution in [0.1, 0.15) is 19.4 Å². The molecule has 0 heterocycles. The molecule has 0 saturated carbocycles. The molecule has 4 heteroatoms. The summed E-state index contributed by atoms with van der Waals surface area (Å²) in [6.07, 6.45) is 0. The average molecular weight is 225 g/mol. The van der Waals surface area contributed by atoms with Crippen molar-refractivity contribution < 1.29 is 13.9 Å². The van der Waals surface area contributed by atoms with Gasteiger partial charge in [-0.05, 0) is 44.5 Å². The number of hydrogen-bond acceptors (Lipinski definition) is 3. The van der Waals surface area contributed by atoms with Gasteiger partial charge in [0.1, 0.15) is 11.4 Å². The summed E-state index contributed by atoms with van der Waals surface area (Å²) in [6.45, 7) is 5.08. The topological polar surface area (TPSA) is 38.3 Å². The Morgan fingerprint density at radius 3 is 2.56 bits per heavy atom. The summed E-state index contributed by atoms with van der Waals surface area (Å²) in [5.74, 6) is -0.629. The molecule has 0 atom stereocenters. The Labute approximate surface area is 94.6 Å².